The molecule has 2 N–H and O–H groups in total. The van der Waals surface area contributed by atoms with Gasteiger partial charge in [-0.3, -0.25) is 0 Å². The van der Waals surface area contributed by atoms with Crippen LogP contribution in [-0.2, 0) is 0 Å². The van der Waals surface area contributed by atoms with Crippen LogP contribution < -0.4 is 5.32 Å². The molecule has 0 aliphatic heterocycles. The fraction of sp³-hybridized carbons (Fsp3) is 1.00. The Labute approximate surface area is 93.5 Å². The highest BCUT2D eigenvalue weighted by Gasteiger charge is 2.38. The Morgan fingerprint density at radius 3 is 2.47 bits per heavy atom. The van der Waals surface area contributed by atoms with Gasteiger partial charge in [0.05, 0.1) is 6.61 Å². The molecule has 0 radical (unpaired) electrons. The molecule has 0 saturated heterocycles. The lowest BCUT2D eigenvalue weighted by Crippen LogP contribution is -2.51. The Kier molecular flexibility index (Phi) is 3.68. The quantitative estimate of drug-likeness (QED) is 0.751. The van der Waals surface area contributed by atoms with E-state index in [0.717, 1.165) is 5.92 Å². The van der Waals surface area contributed by atoms with Crippen LogP contribution in [0.15, 0.2) is 0 Å². The van der Waals surface area contributed by atoms with Gasteiger partial charge >= 0.3 is 0 Å². The molecule has 0 spiro atoms. The number of aliphatic hydroxyl groups is 1. The van der Waals surface area contributed by atoms with Gasteiger partial charge in [0.15, 0.2) is 0 Å². The fourth-order valence-electron chi connectivity index (χ4n) is 3.39. The highest BCUT2D eigenvalue weighted by Crippen LogP contribution is 2.35. The summed E-state index contributed by atoms with van der Waals surface area (Å²) in [6.07, 6.45) is 10.4. The molecule has 2 aliphatic carbocycles. The number of hydrogen-bond acceptors (Lipinski definition) is 2. The van der Waals surface area contributed by atoms with Gasteiger partial charge in [0.1, 0.15) is 0 Å². The van der Waals surface area contributed by atoms with Gasteiger partial charge in [-0.15, -0.1) is 0 Å². The predicted molar refractivity (Wildman–Crippen MR) is 62.8 cm³/mol. The topological polar surface area (TPSA) is 32.3 Å². The van der Waals surface area contributed by atoms with E-state index in [0.29, 0.717) is 12.6 Å². The fourth-order valence-corrected chi connectivity index (χ4v) is 3.39. The number of rotatable bonds is 3. The summed E-state index contributed by atoms with van der Waals surface area (Å²) < 4.78 is 0. The van der Waals surface area contributed by atoms with Crippen molar-refractivity contribution >= 4 is 0 Å². The van der Waals surface area contributed by atoms with Crippen molar-refractivity contribution in [3.05, 3.63) is 0 Å². The summed E-state index contributed by atoms with van der Waals surface area (Å²) in [6, 6.07) is 0.677. The van der Waals surface area contributed by atoms with E-state index in [1.165, 1.54) is 51.4 Å². The summed E-state index contributed by atoms with van der Waals surface area (Å²) in [7, 11) is 0. The van der Waals surface area contributed by atoms with Gasteiger partial charge < -0.3 is 10.4 Å². The smallest absolute Gasteiger partial charge is 0.0613 e. The molecule has 0 aromatic rings. The summed E-state index contributed by atoms with van der Waals surface area (Å²) in [5.41, 5.74) is 0.0709. The van der Waals surface area contributed by atoms with E-state index in [-0.39, 0.29) is 5.54 Å². The molecule has 2 nitrogen and oxygen atoms in total. The van der Waals surface area contributed by atoms with Gasteiger partial charge in [-0.2, -0.15) is 0 Å². The largest absolute Gasteiger partial charge is 0.394 e. The molecule has 2 heteroatoms. The zero-order chi connectivity index (χ0) is 10.7. The van der Waals surface area contributed by atoms with Gasteiger partial charge in [0, 0.05) is 11.6 Å². The summed E-state index contributed by atoms with van der Waals surface area (Å²) >= 11 is 0. The summed E-state index contributed by atoms with van der Waals surface area (Å²) in [5, 5.41) is 13.4. The molecule has 88 valence electrons. The third-order valence-electron chi connectivity index (χ3n) is 4.27. The van der Waals surface area contributed by atoms with Crippen LogP contribution in [-0.4, -0.2) is 23.3 Å². The van der Waals surface area contributed by atoms with Crippen LogP contribution >= 0.6 is 0 Å². The first-order chi connectivity index (χ1) is 7.24. The van der Waals surface area contributed by atoms with Gasteiger partial charge in [0.2, 0.25) is 0 Å². The van der Waals surface area contributed by atoms with Crippen molar-refractivity contribution in [1.82, 2.24) is 5.32 Å². The first kappa shape index (κ1) is 11.4. The van der Waals surface area contributed by atoms with Crippen molar-refractivity contribution < 1.29 is 5.11 Å². The van der Waals surface area contributed by atoms with Gasteiger partial charge in [-0.1, -0.05) is 26.2 Å². The Hall–Kier alpha value is -0.0800. The number of hydrogen-bond donors (Lipinski definition) is 2. The average Bonchev–Trinajstić information content (AvgIpc) is 2.62. The van der Waals surface area contributed by atoms with Crippen LogP contribution in [0.3, 0.4) is 0 Å². The third kappa shape index (κ3) is 2.73. The van der Waals surface area contributed by atoms with Crippen LogP contribution in [0.25, 0.3) is 0 Å². The van der Waals surface area contributed by atoms with Crippen molar-refractivity contribution in [2.75, 3.05) is 6.61 Å². The lowest BCUT2D eigenvalue weighted by molar-refractivity contribution is 0.138. The van der Waals surface area contributed by atoms with Crippen LogP contribution in [0, 0.1) is 5.92 Å². The van der Waals surface area contributed by atoms with E-state index in [1.54, 1.807) is 0 Å². The average molecular weight is 211 g/mol. The Morgan fingerprint density at radius 1 is 1.20 bits per heavy atom. The third-order valence-corrected chi connectivity index (χ3v) is 4.27. The molecule has 15 heavy (non-hydrogen) atoms. The molecule has 2 saturated carbocycles. The number of nitrogens with one attached hydrogen (secondary N) is 1. The summed E-state index contributed by atoms with van der Waals surface area (Å²) in [5.74, 6) is 0.785. The lowest BCUT2D eigenvalue weighted by Gasteiger charge is -2.35. The molecule has 0 amide bonds. The standard InChI is InChI=1S/C13H25NO/c1-11-7-8-13(9-11,10-15)14-12-5-3-2-4-6-12/h11-12,14-15H,2-10H2,1H3. The predicted octanol–water partition coefficient (Wildman–Crippen LogP) is 2.46. The first-order valence-corrected chi connectivity index (χ1v) is 6.63. The maximum atomic E-state index is 9.60. The Bertz CT molecular complexity index is 201. The molecule has 2 rings (SSSR count). The zero-order valence-corrected chi connectivity index (χ0v) is 9.97. The highest BCUT2D eigenvalue weighted by molar-refractivity contribution is 4.97. The van der Waals surface area contributed by atoms with Crippen LogP contribution in [0.5, 0.6) is 0 Å². The number of aliphatic hydroxyl groups excluding tert-OH is 1. The molecule has 0 heterocycles. The second-order valence-corrected chi connectivity index (χ2v) is 5.77. The minimum atomic E-state index is 0.0709. The molecular weight excluding hydrogens is 186 g/mol. The Balaban J connectivity index is 1.89. The Morgan fingerprint density at radius 2 is 1.93 bits per heavy atom. The van der Waals surface area contributed by atoms with Gasteiger partial charge in [-0.25, -0.2) is 0 Å². The van der Waals surface area contributed by atoms with Crippen LogP contribution in [0.1, 0.15) is 58.3 Å². The highest BCUT2D eigenvalue weighted by atomic mass is 16.3. The molecule has 2 fully saturated rings. The second kappa shape index (κ2) is 4.84. The van der Waals surface area contributed by atoms with E-state index in [2.05, 4.69) is 12.2 Å². The normalized spacial score (nSPS) is 38.4. The molecule has 0 bridgehead atoms. The lowest BCUT2D eigenvalue weighted by atomic mass is 9.90. The molecule has 2 atom stereocenters. The molecular formula is C13H25NO. The van der Waals surface area contributed by atoms with Crippen molar-refractivity contribution in [2.24, 2.45) is 5.92 Å². The van der Waals surface area contributed by atoms with Crippen molar-refractivity contribution in [3.63, 3.8) is 0 Å². The molecule has 2 unspecified atom stereocenters. The summed E-state index contributed by atoms with van der Waals surface area (Å²) in [6.45, 7) is 2.63. The SMILES string of the molecule is CC1CCC(CO)(NC2CCCCC2)C1. The van der Waals surface area contributed by atoms with Crippen LogP contribution in [0.4, 0.5) is 0 Å². The molecule has 0 aromatic heterocycles. The maximum Gasteiger partial charge on any atom is 0.0613 e. The van der Waals surface area contributed by atoms with Gasteiger partial charge in [-0.05, 0) is 38.0 Å². The maximum absolute atomic E-state index is 9.60. The van der Waals surface area contributed by atoms with E-state index in [4.69, 9.17) is 0 Å². The second-order valence-electron chi connectivity index (χ2n) is 5.77. The minimum Gasteiger partial charge on any atom is -0.394 e. The van der Waals surface area contributed by atoms with E-state index in [1.807, 2.05) is 0 Å². The summed E-state index contributed by atoms with van der Waals surface area (Å²) in [4.78, 5) is 0. The van der Waals surface area contributed by atoms with Crippen molar-refractivity contribution in [1.29, 1.82) is 0 Å². The van der Waals surface area contributed by atoms with Crippen molar-refractivity contribution in [2.45, 2.75) is 69.9 Å². The van der Waals surface area contributed by atoms with E-state index in [9.17, 15) is 5.11 Å². The first-order valence-electron chi connectivity index (χ1n) is 6.63. The monoisotopic (exact) mass is 211 g/mol. The minimum absolute atomic E-state index is 0.0709. The van der Waals surface area contributed by atoms with E-state index < -0.39 is 0 Å². The molecule has 0 aromatic carbocycles. The van der Waals surface area contributed by atoms with E-state index >= 15 is 0 Å². The zero-order valence-electron chi connectivity index (χ0n) is 9.97. The van der Waals surface area contributed by atoms with Crippen molar-refractivity contribution in [3.8, 4) is 0 Å². The van der Waals surface area contributed by atoms with Crippen LogP contribution in [0.2, 0.25) is 0 Å². The van der Waals surface area contributed by atoms with Gasteiger partial charge in [0.25, 0.3) is 0 Å². The molecule has 2 aliphatic rings.